The van der Waals surface area contributed by atoms with Crippen molar-refractivity contribution in [2.75, 3.05) is 6.54 Å². The summed E-state index contributed by atoms with van der Waals surface area (Å²) in [4.78, 5) is 15.0. The number of benzene rings is 1. The van der Waals surface area contributed by atoms with Crippen LogP contribution in [0.1, 0.15) is 18.4 Å². The third-order valence-corrected chi connectivity index (χ3v) is 4.01. The van der Waals surface area contributed by atoms with Crippen LogP contribution in [0.4, 0.5) is 0 Å². The number of nitrogens with one attached hydrogen (secondary N) is 2. The Morgan fingerprint density at radius 3 is 3.00 bits per heavy atom. The van der Waals surface area contributed by atoms with Gasteiger partial charge in [-0.3, -0.25) is 4.79 Å². The van der Waals surface area contributed by atoms with Gasteiger partial charge in [-0.2, -0.15) is 0 Å². The summed E-state index contributed by atoms with van der Waals surface area (Å²) < 4.78 is 1.03. The highest BCUT2D eigenvalue weighted by atomic mass is 79.9. The van der Waals surface area contributed by atoms with Gasteiger partial charge in [0.15, 0.2) is 0 Å². The van der Waals surface area contributed by atoms with Crippen molar-refractivity contribution < 1.29 is 0 Å². The number of H-pyrrole nitrogens is 1. The predicted octanol–water partition coefficient (Wildman–Crippen LogP) is 2.59. The Hall–Kier alpha value is -1.13. The highest BCUT2D eigenvalue weighted by molar-refractivity contribution is 9.10. The zero-order valence-electron chi connectivity index (χ0n) is 10.0. The van der Waals surface area contributed by atoms with Gasteiger partial charge in [-0.25, -0.2) is 0 Å². The first-order valence-electron chi connectivity index (χ1n) is 6.27. The van der Waals surface area contributed by atoms with Crippen molar-refractivity contribution in [3.05, 3.63) is 44.7 Å². The second-order valence-electron chi connectivity index (χ2n) is 4.85. The summed E-state index contributed by atoms with van der Waals surface area (Å²) in [5, 5.41) is 4.51. The average molecular weight is 307 g/mol. The lowest BCUT2D eigenvalue weighted by Crippen LogP contribution is -2.27. The number of fused-ring (bicyclic) bond motifs is 1. The van der Waals surface area contributed by atoms with Crippen LogP contribution < -0.4 is 10.9 Å². The fourth-order valence-corrected chi connectivity index (χ4v) is 2.95. The van der Waals surface area contributed by atoms with Gasteiger partial charge in [0, 0.05) is 21.6 Å². The SMILES string of the molecule is O=c1[nH]c2ccc(Br)cc2cc1CC1CCCN1. The molecule has 0 saturated carbocycles. The first-order valence-corrected chi connectivity index (χ1v) is 7.06. The normalized spacial score (nSPS) is 19.5. The second-order valence-corrected chi connectivity index (χ2v) is 5.77. The summed E-state index contributed by atoms with van der Waals surface area (Å²) in [6, 6.07) is 8.38. The summed E-state index contributed by atoms with van der Waals surface area (Å²) >= 11 is 3.46. The van der Waals surface area contributed by atoms with Crippen LogP contribution >= 0.6 is 15.9 Å². The third-order valence-electron chi connectivity index (χ3n) is 3.51. The fourth-order valence-electron chi connectivity index (χ4n) is 2.57. The van der Waals surface area contributed by atoms with Crippen molar-refractivity contribution in [2.24, 2.45) is 0 Å². The molecule has 1 aromatic carbocycles. The second kappa shape index (κ2) is 4.86. The van der Waals surface area contributed by atoms with Crippen molar-refractivity contribution in [1.82, 2.24) is 10.3 Å². The summed E-state index contributed by atoms with van der Waals surface area (Å²) in [5.41, 5.74) is 1.81. The maximum atomic E-state index is 12.0. The van der Waals surface area contributed by atoms with E-state index in [-0.39, 0.29) is 5.56 Å². The van der Waals surface area contributed by atoms with Crippen molar-refractivity contribution in [3.63, 3.8) is 0 Å². The molecule has 2 N–H and O–H groups in total. The van der Waals surface area contributed by atoms with E-state index >= 15 is 0 Å². The quantitative estimate of drug-likeness (QED) is 0.896. The standard InChI is InChI=1S/C14H15BrN2O/c15-11-3-4-13-9(7-11)6-10(14(18)17-13)8-12-2-1-5-16-12/h3-4,6-7,12,16H,1-2,5,8H2,(H,17,18). The number of hydrogen-bond acceptors (Lipinski definition) is 2. The lowest BCUT2D eigenvalue weighted by molar-refractivity contribution is 0.600. The summed E-state index contributed by atoms with van der Waals surface area (Å²) in [6.07, 6.45) is 3.19. The number of rotatable bonds is 2. The van der Waals surface area contributed by atoms with Crippen molar-refractivity contribution in [1.29, 1.82) is 0 Å². The highest BCUT2D eigenvalue weighted by Gasteiger charge is 2.16. The van der Waals surface area contributed by atoms with Crippen molar-refractivity contribution in [3.8, 4) is 0 Å². The molecule has 3 nitrogen and oxygen atoms in total. The molecule has 0 aliphatic carbocycles. The monoisotopic (exact) mass is 306 g/mol. The van der Waals surface area contributed by atoms with E-state index in [9.17, 15) is 4.79 Å². The van der Waals surface area contributed by atoms with Crippen LogP contribution in [0.2, 0.25) is 0 Å². The first-order chi connectivity index (χ1) is 8.72. The highest BCUT2D eigenvalue weighted by Crippen LogP contribution is 2.19. The van der Waals surface area contributed by atoms with E-state index < -0.39 is 0 Å². The van der Waals surface area contributed by atoms with E-state index in [2.05, 4.69) is 26.2 Å². The van der Waals surface area contributed by atoms with Gasteiger partial charge in [0.25, 0.3) is 5.56 Å². The zero-order chi connectivity index (χ0) is 12.5. The van der Waals surface area contributed by atoms with Gasteiger partial charge in [-0.1, -0.05) is 15.9 Å². The van der Waals surface area contributed by atoms with Crippen molar-refractivity contribution in [2.45, 2.75) is 25.3 Å². The number of aromatic amines is 1. The van der Waals surface area contributed by atoms with Gasteiger partial charge in [-0.05, 0) is 55.5 Å². The van der Waals surface area contributed by atoms with Gasteiger partial charge in [0.2, 0.25) is 0 Å². The lowest BCUT2D eigenvalue weighted by Gasteiger charge is -2.10. The number of hydrogen-bond donors (Lipinski definition) is 2. The fraction of sp³-hybridized carbons (Fsp3) is 0.357. The molecular formula is C14H15BrN2O. The minimum Gasteiger partial charge on any atom is -0.322 e. The van der Waals surface area contributed by atoms with Gasteiger partial charge < -0.3 is 10.3 Å². The molecule has 94 valence electrons. The summed E-state index contributed by atoms with van der Waals surface area (Å²) in [5.74, 6) is 0. The van der Waals surface area contributed by atoms with E-state index in [1.807, 2.05) is 24.3 Å². The number of halogens is 1. The minimum absolute atomic E-state index is 0.0403. The molecule has 1 aliphatic heterocycles. The van der Waals surface area contributed by atoms with Crippen molar-refractivity contribution >= 4 is 26.8 Å². The predicted molar refractivity (Wildman–Crippen MR) is 77.0 cm³/mol. The van der Waals surface area contributed by atoms with Crippen LogP contribution in [0.25, 0.3) is 10.9 Å². The minimum atomic E-state index is 0.0403. The smallest absolute Gasteiger partial charge is 0.251 e. The third kappa shape index (κ3) is 2.35. The van der Waals surface area contributed by atoms with E-state index in [4.69, 9.17) is 0 Å². The molecule has 0 spiro atoms. The van der Waals surface area contributed by atoms with Gasteiger partial charge in [0.05, 0.1) is 0 Å². The molecule has 4 heteroatoms. The zero-order valence-corrected chi connectivity index (χ0v) is 11.6. The van der Waals surface area contributed by atoms with Crippen LogP contribution in [-0.4, -0.2) is 17.6 Å². The van der Waals surface area contributed by atoms with E-state index in [0.29, 0.717) is 6.04 Å². The molecule has 0 radical (unpaired) electrons. The molecule has 0 amide bonds. The Kier molecular flexibility index (Phi) is 3.22. The van der Waals surface area contributed by atoms with E-state index in [1.165, 1.54) is 6.42 Å². The Morgan fingerprint density at radius 1 is 1.33 bits per heavy atom. The molecule has 1 atom stereocenters. The van der Waals surface area contributed by atoms with E-state index in [1.54, 1.807) is 0 Å². The number of pyridine rings is 1. The Labute approximate surface area is 114 Å². The molecule has 2 heterocycles. The van der Waals surface area contributed by atoms with Crippen LogP contribution in [-0.2, 0) is 6.42 Å². The van der Waals surface area contributed by atoms with Crippen LogP contribution in [0.15, 0.2) is 33.5 Å². The van der Waals surface area contributed by atoms with Gasteiger partial charge in [-0.15, -0.1) is 0 Å². The van der Waals surface area contributed by atoms with Crippen LogP contribution in [0, 0.1) is 0 Å². The largest absolute Gasteiger partial charge is 0.322 e. The maximum Gasteiger partial charge on any atom is 0.251 e. The Bertz CT molecular complexity index is 629. The molecule has 3 rings (SSSR count). The molecule has 2 aromatic rings. The summed E-state index contributed by atoms with van der Waals surface area (Å²) in [7, 11) is 0. The van der Waals surface area contributed by atoms with Gasteiger partial charge in [0.1, 0.15) is 0 Å². The summed E-state index contributed by atoms with van der Waals surface area (Å²) in [6.45, 7) is 1.07. The molecule has 1 saturated heterocycles. The molecule has 0 bridgehead atoms. The lowest BCUT2D eigenvalue weighted by atomic mass is 10.0. The molecular weight excluding hydrogens is 292 g/mol. The van der Waals surface area contributed by atoms with E-state index in [0.717, 1.165) is 40.3 Å². The first kappa shape index (κ1) is 11.9. The molecule has 18 heavy (non-hydrogen) atoms. The van der Waals surface area contributed by atoms with Crippen LogP contribution in [0.5, 0.6) is 0 Å². The molecule has 1 aromatic heterocycles. The average Bonchev–Trinajstić information content (AvgIpc) is 2.83. The Morgan fingerprint density at radius 2 is 2.22 bits per heavy atom. The Balaban J connectivity index is 2.00. The number of aromatic nitrogens is 1. The molecule has 1 unspecified atom stereocenters. The van der Waals surface area contributed by atoms with Crippen LogP contribution in [0.3, 0.4) is 0 Å². The molecule has 1 fully saturated rings. The topological polar surface area (TPSA) is 44.9 Å². The van der Waals surface area contributed by atoms with Gasteiger partial charge >= 0.3 is 0 Å². The molecule has 1 aliphatic rings. The maximum absolute atomic E-state index is 12.0.